The number of carboxylic acids is 1. The number of primary amides is 1. The number of nitrogens with two attached hydrogens (primary N) is 12. The molecule has 0 bridgehead atoms. The number of guanidine groups is 5. The number of unbranched alkanes of at least 4 members (excludes halogenated alkanes) is 1. The van der Waals surface area contributed by atoms with E-state index in [0.29, 0.717) is 25.8 Å². The standard InChI is InChI=1S/C42H81N23O9/c1-23(9-2-3-17-43)32(69)61-25(11-5-19-56-39(47)48)34(71)63-28(14-8-22-59-42(53)54)36(73)65-29(15-16-30(66)67)37(74)64-27(13-7-21-58-41(51)52)35(72)62-26(12-6-20-57-40(49)50)33(70)60-24(31(44)68)10-4-18-55-38(45)46/h23-28H,2-22,43H2,1H3,(H2,44,68)(H,60,70)(H,61,69)(H,62,72)(H,63,71)(H,64,74)(H,66,67)(H4,45,46,55)(H4,47,48,56)(H4,49,50,57)(H4,51,52,58)(H4,53,54,59)/t23?,24-,25-,26-,27?,28-/m0/s1. The molecule has 0 aliphatic heterocycles. The van der Waals surface area contributed by atoms with Crippen LogP contribution in [0.5, 0.6) is 0 Å². The van der Waals surface area contributed by atoms with Crippen molar-refractivity contribution in [2.45, 2.75) is 133 Å². The van der Waals surface area contributed by atoms with Gasteiger partial charge >= 0.3 is 5.97 Å². The molecule has 6 atom stereocenters. The first kappa shape index (κ1) is 65.9. The lowest BCUT2D eigenvalue weighted by atomic mass is 10.0. The fourth-order valence-electron chi connectivity index (χ4n) is 6.62. The minimum absolute atomic E-state index is 0.0103. The molecule has 0 rings (SSSR count). The van der Waals surface area contributed by atoms with Crippen molar-refractivity contribution in [1.82, 2.24) is 26.6 Å². The van der Waals surface area contributed by atoms with E-state index in [1.54, 1.807) is 6.92 Å². The van der Waals surface area contributed by atoms with Crippen molar-refractivity contribution in [2.75, 3.05) is 39.3 Å². The van der Waals surface area contributed by atoms with Gasteiger partial charge < -0.3 is 100 Å². The maximum absolute atomic E-state index is 14.1. The highest BCUT2D eigenvalue weighted by molar-refractivity contribution is 6.41. The Morgan fingerprint density at radius 2 is 0.757 bits per heavy atom. The summed E-state index contributed by atoms with van der Waals surface area (Å²) in [6, 6.07) is -6.87. The van der Waals surface area contributed by atoms with Crippen LogP contribution in [-0.4, -0.2) is 157 Å². The highest BCUT2D eigenvalue weighted by Crippen LogP contribution is 2.12. The summed E-state index contributed by atoms with van der Waals surface area (Å²) in [6.07, 6.45) is 0.710. The minimum Gasteiger partial charge on any atom is -0.481 e. The van der Waals surface area contributed by atoms with E-state index in [4.69, 9.17) is 68.8 Å². The van der Waals surface area contributed by atoms with E-state index in [0.717, 1.165) is 0 Å². The van der Waals surface area contributed by atoms with Gasteiger partial charge in [-0.25, -0.2) is 4.99 Å². The van der Waals surface area contributed by atoms with Crippen molar-refractivity contribution in [1.29, 1.82) is 0 Å². The zero-order valence-corrected chi connectivity index (χ0v) is 42.1. The van der Waals surface area contributed by atoms with Gasteiger partial charge in [-0.1, -0.05) is 13.3 Å². The Kier molecular flexibility index (Phi) is 33.6. The fraction of sp³-hybridized carbons (Fsp3) is 0.667. The molecular formula is C42H81N23O9. The predicted molar refractivity (Wildman–Crippen MR) is 280 cm³/mol. The van der Waals surface area contributed by atoms with Crippen molar-refractivity contribution in [3.63, 3.8) is 0 Å². The molecule has 0 radical (unpaired) electrons. The van der Waals surface area contributed by atoms with E-state index in [1.807, 2.05) is 0 Å². The molecule has 74 heavy (non-hydrogen) atoms. The molecule has 30 N–H and O–H groups in total. The number of aliphatic carboxylic acids is 1. The van der Waals surface area contributed by atoms with Crippen LogP contribution in [0, 0.1) is 5.92 Å². The lowest BCUT2D eigenvalue weighted by molar-refractivity contribution is -0.137. The number of nitrogens with zero attached hydrogens (tertiary/aromatic N) is 6. The highest BCUT2D eigenvalue weighted by atomic mass is 16.4. The largest absolute Gasteiger partial charge is 0.481 e. The first-order chi connectivity index (χ1) is 34.9. The number of carbonyl (C=O) groups excluding carboxylic acids is 7. The van der Waals surface area contributed by atoms with E-state index in [2.05, 4.69) is 56.5 Å². The first-order valence-electron chi connectivity index (χ1n) is 24.0. The monoisotopic (exact) mass is 1050 g/mol. The maximum atomic E-state index is 14.1. The van der Waals surface area contributed by atoms with Crippen LogP contribution >= 0.6 is 0 Å². The highest BCUT2D eigenvalue weighted by Gasteiger charge is 2.32. The molecule has 0 saturated heterocycles. The van der Waals surface area contributed by atoms with Crippen LogP contribution in [0.3, 0.4) is 0 Å². The minimum atomic E-state index is -1.53. The molecule has 0 fully saturated rings. The number of carbonyl (C=O) groups is 8. The summed E-state index contributed by atoms with van der Waals surface area (Å²) in [5.41, 5.74) is 65.0. The summed E-state index contributed by atoms with van der Waals surface area (Å²) in [5.74, 6) is -9.33. The lowest BCUT2D eigenvalue weighted by Gasteiger charge is -2.25. The van der Waals surface area contributed by atoms with Crippen molar-refractivity contribution in [3.8, 4) is 0 Å². The van der Waals surface area contributed by atoms with Crippen LogP contribution in [0.25, 0.3) is 0 Å². The summed E-state index contributed by atoms with van der Waals surface area (Å²) < 4.78 is 0. The van der Waals surface area contributed by atoms with Crippen LogP contribution in [0.4, 0.5) is 0 Å². The third-order valence-corrected chi connectivity index (χ3v) is 10.5. The second-order valence-corrected chi connectivity index (χ2v) is 16.9. The quantitative estimate of drug-likeness (QED) is 0.0154. The van der Waals surface area contributed by atoms with E-state index in [-0.39, 0.29) is 127 Å². The average molecular weight is 1050 g/mol. The van der Waals surface area contributed by atoms with Gasteiger partial charge in [0.25, 0.3) is 11.8 Å². The smallest absolute Gasteiger partial charge is 0.303 e. The van der Waals surface area contributed by atoms with Crippen LogP contribution in [0.15, 0.2) is 30.0 Å². The Balaban J connectivity index is 7.19. The van der Waals surface area contributed by atoms with Gasteiger partial charge in [-0.05, 0) is 83.6 Å². The normalized spacial score (nSPS) is 13.4. The average Bonchev–Trinajstić information content (AvgIpc) is 3.31. The van der Waals surface area contributed by atoms with Gasteiger partial charge in [0.05, 0.1) is 6.42 Å². The number of carboxylic acid groups (broad SMARTS) is 1. The van der Waals surface area contributed by atoms with Crippen molar-refractivity contribution in [3.05, 3.63) is 0 Å². The van der Waals surface area contributed by atoms with Gasteiger partial charge in [0.2, 0.25) is 29.5 Å². The summed E-state index contributed by atoms with van der Waals surface area (Å²) >= 11 is 0. The van der Waals surface area contributed by atoms with Gasteiger partial charge in [0, 0.05) is 45.1 Å². The summed E-state index contributed by atoms with van der Waals surface area (Å²) in [7, 11) is 0. The number of hydrogen-bond donors (Lipinski definition) is 18. The Labute approximate surface area is 429 Å². The van der Waals surface area contributed by atoms with E-state index >= 15 is 0 Å². The number of aliphatic imine (C=N–C) groups is 6. The molecule has 2 unspecified atom stereocenters. The fourth-order valence-corrected chi connectivity index (χ4v) is 6.62. The number of nitrogens with one attached hydrogen (secondary N) is 5. The van der Waals surface area contributed by atoms with Crippen molar-refractivity contribution < 1.29 is 43.5 Å². The third-order valence-electron chi connectivity index (χ3n) is 10.5. The molecule has 32 heteroatoms. The first-order valence-corrected chi connectivity index (χ1v) is 24.0. The maximum Gasteiger partial charge on any atom is 0.303 e. The second-order valence-electron chi connectivity index (χ2n) is 16.9. The van der Waals surface area contributed by atoms with E-state index in [9.17, 15) is 43.5 Å². The number of amides is 7. The molecular weight excluding hydrogens is 971 g/mol. The zero-order chi connectivity index (χ0) is 56.2. The Hall–Kier alpha value is -8.06. The van der Waals surface area contributed by atoms with Crippen molar-refractivity contribution >= 4 is 82.8 Å². The molecule has 0 aromatic carbocycles. The van der Waals surface area contributed by atoms with E-state index < -0.39 is 102 Å². The zero-order valence-electron chi connectivity index (χ0n) is 42.1. The van der Waals surface area contributed by atoms with Crippen LogP contribution < -0.4 is 95.4 Å². The Morgan fingerprint density at radius 1 is 0.419 bits per heavy atom. The van der Waals surface area contributed by atoms with Gasteiger partial charge in [0.15, 0.2) is 29.8 Å². The van der Waals surface area contributed by atoms with Gasteiger partial charge in [-0.2, -0.15) is 0 Å². The molecule has 0 aromatic rings. The van der Waals surface area contributed by atoms with Crippen LogP contribution in [0.1, 0.15) is 103 Å². The molecule has 0 aliphatic carbocycles. The van der Waals surface area contributed by atoms with Crippen LogP contribution in [-0.2, 0) is 38.4 Å². The van der Waals surface area contributed by atoms with Gasteiger partial charge in [0.1, 0.15) is 35.9 Å². The predicted octanol–water partition coefficient (Wildman–Crippen LogP) is -7.24. The molecule has 0 saturated carbocycles. The molecule has 0 heterocycles. The molecule has 7 amide bonds. The van der Waals surface area contributed by atoms with Crippen molar-refractivity contribution in [2.24, 2.45) is 105 Å². The van der Waals surface area contributed by atoms with E-state index in [1.165, 1.54) is 0 Å². The second kappa shape index (κ2) is 37.7. The third kappa shape index (κ3) is 32.0. The van der Waals surface area contributed by atoms with Gasteiger partial charge in [-0.3, -0.25) is 63.3 Å². The number of hydrogen-bond acceptors (Lipinski definition) is 14. The van der Waals surface area contributed by atoms with Crippen LogP contribution in [0.2, 0.25) is 0 Å². The SMILES string of the molecule is CC(CCCCN)C(=O)N[C@@H](CCCN=C(N)N)C(=O)N[C@@H](CCCN=C(N)N)C(=O)N=C(CCC(=O)O)C(=O)NC(CCCN=C(N)N)C(=O)N[C@@H](CCCN=C(N)N)C(=O)N[C@@H](CCCN=C(N)N)C(N)=O. The molecule has 0 spiro atoms. The summed E-state index contributed by atoms with van der Waals surface area (Å²) in [5, 5.41) is 22.5. The molecule has 0 aliphatic rings. The molecule has 418 valence electrons. The summed E-state index contributed by atoms with van der Waals surface area (Å²) in [4.78, 5) is 131. The van der Waals surface area contributed by atoms with Gasteiger partial charge in [-0.15, -0.1) is 0 Å². The molecule has 32 nitrogen and oxygen atoms in total. The molecule has 0 aromatic heterocycles. The number of rotatable bonds is 39. The Morgan fingerprint density at radius 3 is 1.12 bits per heavy atom. The lowest BCUT2D eigenvalue weighted by Crippen LogP contribution is -2.57. The Bertz CT molecular complexity index is 2010. The topological polar surface area (TPSA) is 603 Å². The summed E-state index contributed by atoms with van der Waals surface area (Å²) in [6.45, 7) is 2.30.